The summed E-state index contributed by atoms with van der Waals surface area (Å²) in [6.07, 6.45) is -4.65. The molecule has 0 fully saturated rings. The van der Waals surface area contributed by atoms with Crippen LogP contribution in [0.1, 0.15) is 5.56 Å². The van der Waals surface area contributed by atoms with Gasteiger partial charge in [0.2, 0.25) is 0 Å². The molecule has 15 heavy (non-hydrogen) atoms. The molecule has 5 heteroatoms. The number of benzene rings is 1. The van der Waals surface area contributed by atoms with Gasteiger partial charge in [-0.1, -0.05) is 0 Å². The molecule has 0 amide bonds. The Labute approximate surface area is 88.1 Å². The molecule has 1 aromatic heterocycles. The Balaban J connectivity index is 2.42. The van der Waals surface area contributed by atoms with Crippen LogP contribution in [0.3, 0.4) is 0 Å². The van der Waals surface area contributed by atoms with E-state index in [1.165, 1.54) is 23.5 Å². The summed E-state index contributed by atoms with van der Waals surface area (Å²) in [6.45, 7) is 3.72. The number of fused-ring (bicyclic) bond motifs is 1. The van der Waals surface area contributed by atoms with Crippen molar-refractivity contribution >= 4 is 21.4 Å². The summed E-state index contributed by atoms with van der Waals surface area (Å²) in [5.41, 5.74) is 0.711. The second kappa shape index (κ2) is 3.41. The molecule has 0 spiro atoms. The van der Waals surface area contributed by atoms with Crippen molar-refractivity contribution in [3.8, 4) is 5.75 Å². The van der Waals surface area contributed by atoms with E-state index in [0.717, 1.165) is 4.70 Å². The number of thiophene rings is 1. The summed E-state index contributed by atoms with van der Waals surface area (Å²) in [4.78, 5) is 0. The molecule has 2 aromatic rings. The second-order valence-electron chi connectivity index (χ2n) is 2.97. The molecular weight excluding hydrogens is 225 g/mol. The average molecular weight is 231 g/mol. The van der Waals surface area contributed by atoms with E-state index in [1.807, 2.05) is 0 Å². The van der Waals surface area contributed by atoms with E-state index in [2.05, 4.69) is 11.7 Å². The third-order valence-corrected chi connectivity index (χ3v) is 2.87. The van der Waals surface area contributed by atoms with Crippen molar-refractivity contribution in [1.29, 1.82) is 0 Å². The first-order valence-corrected chi connectivity index (χ1v) is 4.92. The van der Waals surface area contributed by atoms with E-state index in [9.17, 15) is 13.2 Å². The summed E-state index contributed by atoms with van der Waals surface area (Å²) in [7, 11) is 0. The molecular formula is C10H6F3OS. The number of alkyl halides is 3. The van der Waals surface area contributed by atoms with Gasteiger partial charge in [-0.15, -0.1) is 24.5 Å². The van der Waals surface area contributed by atoms with Crippen molar-refractivity contribution in [2.45, 2.75) is 6.36 Å². The first-order valence-electron chi connectivity index (χ1n) is 4.05. The summed E-state index contributed by atoms with van der Waals surface area (Å²) in [5.74, 6) is -0.210. The standard InChI is InChI=1S/C10H6F3OS/c1-6-5-15-9-3-2-7(4-8(6)9)14-10(11,12)13/h2-5H,1H2. The van der Waals surface area contributed by atoms with Crippen molar-refractivity contribution in [3.05, 3.63) is 36.1 Å². The lowest BCUT2D eigenvalue weighted by atomic mass is 10.2. The molecule has 0 bridgehead atoms. The van der Waals surface area contributed by atoms with E-state index in [1.54, 1.807) is 11.4 Å². The molecule has 0 atom stereocenters. The van der Waals surface area contributed by atoms with Gasteiger partial charge in [-0.2, -0.15) is 0 Å². The minimum Gasteiger partial charge on any atom is -0.406 e. The molecule has 1 nitrogen and oxygen atoms in total. The Hall–Kier alpha value is -1.23. The lowest BCUT2D eigenvalue weighted by Crippen LogP contribution is -2.16. The van der Waals surface area contributed by atoms with Gasteiger partial charge in [0.1, 0.15) is 5.75 Å². The Morgan fingerprint density at radius 1 is 1.27 bits per heavy atom. The monoisotopic (exact) mass is 231 g/mol. The number of rotatable bonds is 1. The van der Waals surface area contributed by atoms with E-state index >= 15 is 0 Å². The minimum absolute atomic E-state index is 0.210. The Morgan fingerprint density at radius 2 is 2.00 bits per heavy atom. The third kappa shape index (κ3) is 2.23. The molecule has 79 valence electrons. The maximum atomic E-state index is 11.9. The molecule has 0 unspecified atom stereocenters. The van der Waals surface area contributed by atoms with Crippen LogP contribution in [0.25, 0.3) is 10.1 Å². The van der Waals surface area contributed by atoms with Crippen LogP contribution >= 0.6 is 11.3 Å². The van der Waals surface area contributed by atoms with Gasteiger partial charge < -0.3 is 4.74 Å². The Kier molecular flexibility index (Phi) is 2.34. The molecule has 0 aliphatic heterocycles. The highest BCUT2D eigenvalue weighted by Gasteiger charge is 2.31. The van der Waals surface area contributed by atoms with Crippen LogP contribution < -0.4 is 4.74 Å². The van der Waals surface area contributed by atoms with Gasteiger partial charge in [-0.3, -0.25) is 0 Å². The smallest absolute Gasteiger partial charge is 0.406 e. The maximum absolute atomic E-state index is 11.9. The molecule has 0 saturated carbocycles. The topological polar surface area (TPSA) is 9.23 Å². The molecule has 0 saturated heterocycles. The SMILES string of the molecule is [CH2]c1csc2ccc(OC(F)(F)F)cc12. The van der Waals surface area contributed by atoms with Crippen LogP contribution in [0.15, 0.2) is 23.6 Å². The molecule has 1 radical (unpaired) electrons. The van der Waals surface area contributed by atoms with Crippen molar-refractivity contribution in [1.82, 2.24) is 0 Å². The summed E-state index contributed by atoms with van der Waals surface area (Å²) in [5, 5.41) is 2.49. The van der Waals surface area contributed by atoms with Crippen molar-refractivity contribution in [3.63, 3.8) is 0 Å². The van der Waals surface area contributed by atoms with E-state index in [0.29, 0.717) is 10.9 Å². The first kappa shape index (κ1) is 10.3. The van der Waals surface area contributed by atoms with Gasteiger partial charge >= 0.3 is 6.36 Å². The summed E-state index contributed by atoms with van der Waals surface area (Å²) >= 11 is 1.44. The first-order chi connectivity index (χ1) is 6.96. The molecule has 0 N–H and O–H groups in total. The van der Waals surface area contributed by atoms with Crippen LogP contribution in [0.5, 0.6) is 5.75 Å². The van der Waals surface area contributed by atoms with Gasteiger partial charge in [0.25, 0.3) is 0 Å². The van der Waals surface area contributed by atoms with Crippen LogP contribution in [0, 0.1) is 6.92 Å². The zero-order valence-corrected chi connectivity index (χ0v) is 8.28. The number of ether oxygens (including phenoxy) is 1. The average Bonchev–Trinajstić information content (AvgIpc) is 2.45. The van der Waals surface area contributed by atoms with Gasteiger partial charge in [0.05, 0.1) is 0 Å². The number of hydrogen-bond acceptors (Lipinski definition) is 2. The van der Waals surface area contributed by atoms with Crippen molar-refractivity contribution < 1.29 is 17.9 Å². The Morgan fingerprint density at radius 3 is 2.67 bits per heavy atom. The van der Waals surface area contributed by atoms with Gasteiger partial charge in [0, 0.05) is 4.70 Å². The highest BCUT2D eigenvalue weighted by atomic mass is 32.1. The van der Waals surface area contributed by atoms with Gasteiger partial charge in [0.15, 0.2) is 0 Å². The minimum atomic E-state index is -4.65. The Bertz CT molecular complexity index is 487. The molecule has 1 heterocycles. The molecule has 0 aliphatic rings. The molecule has 2 rings (SSSR count). The predicted molar refractivity (Wildman–Crippen MR) is 53.0 cm³/mol. The predicted octanol–water partition coefficient (Wildman–Crippen LogP) is 3.98. The van der Waals surface area contributed by atoms with Crippen molar-refractivity contribution in [2.75, 3.05) is 0 Å². The number of hydrogen-bond donors (Lipinski definition) is 0. The molecule has 1 aromatic carbocycles. The van der Waals surface area contributed by atoms with Crippen LogP contribution in [-0.2, 0) is 0 Å². The fraction of sp³-hybridized carbons (Fsp3) is 0.100. The fourth-order valence-corrected chi connectivity index (χ4v) is 2.12. The van der Waals surface area contributed by atoms with E-state index in [4.69, 9.17) is 0 Å². The summed E-state index contributed by atoms with van der Waals surface area (Å²) in [6, 6.07) is 4.24. The largest absolute Gasteiger partial charge is 0.573 e. The van der Waals surface area contributed by atoms with Crippen LogP contribution in [0.2, 0.25) is 0 Å². The van der Waals surface area contributed by atoms with Gasteiger partial charge in [-0.05, 0) is 41.5 Å². The van der Waals surface area contributed by atoms with Crippen LogP contribution in [0.4, 0.5) is 13.2 Å². The van der Waals surface area contributed by atoms with Crippen molar-refractivity contribution in [2.24, 2.45) is 0 Å². The zero-order chi connectivity index (χ0) is 11.1. The molecule has 0 aliphatic carbocycles. The zero-order valence-electron chi connectivity index (χ0n) is 7.47. The summed E-state index contributed by atoms with van der Waals surface area (Å²) < 4.78 is 40.5. The maximum Gasteiger partial charge on any atom is 0.573 e. The quantitative estimate of drug-likeness (QED) is 0.721. The third-order valence-electron chi connectivity index (χ3n) is 1.86. The van der Waals surface area contributed by atoms with Gasteiger partial charge in [-0.25, -0.2) is 0 Å². The van der Waals surface area contributed by atoms with Crippen LogP contribution in [-0.4, -0.2) is 6.36 Å². The lowest BCUT2D eigenvalue weighted by Gasteiger charge is -2.08. The number of halogens is 3. The normalized spacial score (nSPS) is 12.0. The lowest BCUT2D eigenvalue weighted by molar-refractivity contribution is -0.274. The fourth-order valence-electron chi connectivity index (χ4n) is 1.26. The second-order valence-corrected chi connectivity index (χ2v) is 3.88. The van der Waals surface area contributed by atoms with E-state index < -0.39 is 6.36 Å². The highest BCUT2D eigenvalue weighted by molar-refractivity contribution is 7.17. The van der Waals surface area contributed by atoms with E-state index in [-0.39, 0.29) is 5.75 Å². The highest BCUT2D eigenvalue weighted by Crippen LogP contribution is 2.31.